The van der Waals surface area contributed by atoms with E-state index in [1.54, 1.807) is 6.26 Å². The van der Waals surface area contributed by atoms with Crippen LogP contribution in [0.2, 0.25) is 0 Å². The third-order valence-corrected chi connectivity index (χ3v) is 2.31. The Balaban J connectivity index is 2.19. The molecule has 2 rings (SSSR count). The molecule has 0 amide bonds. The molecule has 0 spiro atoms. The van der Waals surface area contributed by atoms with E-state index >= 15 is 0 Å². The van der Waals surface area contributed by atoms with E-state index in [9.17, 15) is 0 Å². The Labute approximate surface area is 94.7 Å². The van der Waals surface area contributed by atoms with Crippen molar-refractivity contribution in [3.63, 3.8) is 0 Å². The van der Waals surface area contributed by atoms with E-state index in [0.29, 0.717) is 12.6 Å². The summed E-state index contributed by atoms with van der Waals surface area (Å²) in [4.78, 5) is 4.20. The molecule has 0 unspecified atom stereocenters. The number of rotatable bonds is 4. The van der Waals surface area contributed by atoms with E-state index < -0.39 is 0 Å². The van der Waals surface area contributed by atoms with Crippen LogP contribution < -0.4 is 5.32 Å². The minimum Gasteiger partial charge on any atom is -0.469 e. The largest absolute Gasteiger partial charge is 0.469 e. The molecule has 0 aromatic carbocycles. The molecule has 4 heteroatoms. The number of aryl methyl sites for hydroxylation is 1. The summed E-state index contributed by atoms with van der Waals surface area (Å²) in [7, 11) is 0. The van der Waals surface area contributed by atoms with Gasteiger partial charge in [-0.25, -0.2) is 4.98 Å². The molecule has 0 saturated heterocycles. The van der Waals surface area contributed by atoms with Crippen molar-refractivity contribution in [2.75, 3.05) is 0 Å². The topological polar surface area (TPSA) is 51.2 Å². The fraction of sp³-hybridized carbons (Fsp3) is 0.417. The molecule has 0 aliphatic carbocycles. The SMILES string of the molecule is Cc1cc(-c2ocnc2CNC(C)C)co1. The molecular weight excluding hydrogens is 204 g/mol. The number of nitrogens with one attached hydrogen (secondary N) is 1. The van der Waals surface area contributed by atoms with Crippen molar-refractivity contribution in [3.05, 3.63) is 30.2 Å². The molecule has 86 valence electrons. The molecular formula is C12H16N2O2. The lowest BCUT2D eigenvalue weighted by Crippen LogP contribution is -2.22. The van der Waals surface area contributed by atoms with Crippen LogP contribution in [-0.2, 0) is 6.54 Å². The van der Waals surface area contributed by atoms with Crippen molar-refractivity contribution in [1.82, 2.24) is 10.3 Å². The molecule has 0 bridgehead atoms. The van der Waals surface area contributed by atoms with E-state index in [1.807, 2.05) is 13.0 Å². The van der Waals surface area contributed by atoms with E-state index in [4.69, 9.17) is 8.83 Å². The lowest BCUT2D eigenvalue weighted by Gasteiger charge is -2.05. The Kier molecular flexibility index (Phi) is 3.10. The molecule has 2 aromatic heterocycles. The first-order valence-corrected chi connectivity index (χ1v) is 5.38. The number of furan rings is 1. The average molecular weight is 220 g/mol. The lowest BCUT2D eigenvalue weighted by molar-refractivity contribution is 0.531. The highest BCUT2D eigenvalue weighted by Crippen LogP contribution is 2.24. The van der Waals surface area contributed by atoms with Gasteiger partial charge in [0.1, 0.15) is 17.7 Å². The Morgan fingerprint density at radius 1 is 1.38 bits per heavy atom. The Hall–Kier alpha value is -1.55. The van der Waals surface area contributed by atoms with Gasteiger partial charge in [-0.1, -0.05) is 13.8 Å². The number of hydrogen-bond donors (Lipinski definition) is 1. The summed E-state index contributed by atoms with van der Waals surface area (Å²) in [6.07, 6.45) is 3.16. The van der Waals surface area contributed by atoms with Crippen LogP contribution in [0.25, 0.3) is 11.3 Å². The molecule has 0 saturated carbocycles. The van der Waals surface area contributed by atoms with Gasteiger partial charge in [-0.15, -0.1) is 0 Å². The Bertz CT molecular complexity index is 457. The van der Waals surface area contributed by atoms with Crippen LogP contribution in [0.15, 0.2) is 27.6 Å². The van der Waals surface area contributed by atoms with Gasteiger partial charge in [0.25, 0.3) is 0 Å². The summed E-state index contributed by atoms with van der Waals surface area (Å²) in [6, 6.07) is 2.37. The van der Waals surface area contributed by atoms with Gasteiger partial charge in [-0.05, 0) is 13.0 Å². The first kappa shape index (κ1) is 11.0. The quantitative estimate of drug-likeness (QED) is 0.860. The molecule has 0 aliphatic heterocycles. The molecule has 2 aromatic rings. The summed E-state index contributed by atoms with van der Waals surface area (Å²) in [5.41, 5.74) is 1.85. The molecule has 0 aliphatic rings. The molecule has 0 atom stereocenters. The van der Waals surface area contributed by atoms with Crippen LogP contribution in [-0.4, -0.2) is 11.0 Å². The van der Waals surface area contributed by atoms with Crippen molar-refractivity contribution in [1.29, 1.82) is 0 Å². The van der Waals surface area contributed by atoms with Crippen molar-refractivity contribution in [3.8, 4) is 11.3 Å². The monoisotopic (exact) mass is 220 g/mol. The Morgan fingerprint density at radius 2 is 2.19 bits per heavy atom. The standard InChI is InChI=1S/C12H16N2O2/c1-8(2)13-5-11-12(16-7-14-11)10-4-9(3)15-6-10/h4,6-8,13H,5H2,1-3H3. The minimum absolute atomic E-state index is 0.427. The maximum absolute atomic E-state index is 5.39. The van der Waals surface area contributed by atoms with E-state index in [1.165, 1.54) is 6.39 Å². The lowest BCUT2D eigenvalue weighted by atomic mass is 10.2. The van der Waals surface area contributed by atoms with Crippen molar-refractivity contribution < 1.29 is 8.83 Å². The third kappa shape index (κ3) is 2.33. The molecule has 2 heterocycles. The zero-order valence-corrected chi connectivity index (χ0v) is 9.78. The fourth-order valence-corrected chi connectivity index (χ4v) is 1.49. The summed E-state index contributed by atoms with van der Waals surface area (Å²) in [5, 5.41) is 3.31. The normalized spacial score (nSPS) is 11.2. The van der Waals surface area contributed by atoms with Gasteiger partial charge in [-0.2, -0.15) is 0 Å². The van der Waals surface area contributed by atoms with Gasteiger partial charge < -0.3 is 14.2 Å². The van der Waals surface area contributed by atoms with Gasteiger partial charge >= 0.3 is 0 Å². The summed E-state index contributed by atoms with van der Waals surface area (Å²) < 4.78 is 10.6. The molecule has 1 N–H and O–H groups in total. The van der Waals surface area contributed by atoms with Gasteiger partial charge in [0.2, 0.25) is 0 Å². The zero-order chi connectivity index (χ0) is 11.5. The van der Waals surface area contributed by atoms with Gasteiger partial charge in [0, 0.05) is 12.6 Å². The van der Waals surface area contributed by atoms with Gasteiger partial charge in [0.05, 0.1) is 5.56 Å². The number of aromatic nitrogens is 1. The second-order valence-electron chi connectivity index (χ2n) is 4.11. The third-order valence-electron chi connectivity index (χ3n) is 2.31. The van der Waals surface area contributed by atoms with Crippen LogP contribution in [0.3, 0.4) is 0 Å². The number of oxazole rings is 1. The van der Waals surface area contributed by atoms with E-state index in [2.05, 4.69) is 24.1 Å². The average Bonchev–Trinajstić information content (AvgIpc) is 2.82. The van der Waals surface area contributed by atoms with Crippen LogP contribution in [0, 0.1) is 6.92 Å². The van der Waals surface area contributed by atoms with Crippen molar-refractivity contribution in [2.24, 2.45) is 0 Å². The summed E-state index contributed by atoms with van der Waals surface area (Å²) >= 11 is 0. The van der Waals surface area contributed by atoms with Crippen molar-refractivity contribution >= 4 is 0 Å². The second kappa shape index (κ2) is 4.53. The first-order valence-electron chi connectivity index (χ1n) is 5.38. The smallest absolute Gasteiger partial charge is 0.181 e. The van der Waals surface area contributed by atoms with Crippen LogP contribution in [0.4, 0.5) is 0 Å². The van der Waals surface area contributed by atoms with E-state index in [0.717, 1.165) is 22.8 Å². The molecule has 16 heavy (non-hydrogen) atoms. The summed E-state index contributed by atoms with van der Waals surface area (Å²) in [6.45, 7) is 6.81. The van der Waals surface area contributed by atoms with Gasteiger partial charge in [0.15, 0.2) is 12.2 Å². The van der Waals surface area contributed by atoms with E-state index in [-0.39, 0.29) is 0 Å². The van der Waals surface area contributed by atoms with Crippen molar-refractivity contribution in [2.45, 2.75) is 33.4 Å². The molecule has 0 radical (unpaired) electrons. The maximum Gasteiger partial charge on any atom is 0.181 e. The first-order chi connectivity index (χ1) is 7.66. The van der Waals surface area contributed by atoms with Crippen LogP contribution in [0.1, 0.15) is 25.3 Å². The summed E-state index contributed by atoms with van der Waals surface area (Å²) in [5.74, 6) is 1.65. The highest BCUT2D eigenvalue weighted by molar-refractivity contribution is 5.58. The predicted octanol–water partition coefficient (Wildman–Crippen LogP) is 2.74. The molecule has 0 fully saturated rings. The maximum atomic E-state index is 5.39. The minimum atomic E-state index is 0.427. The Morgan fingerprint density at radius 3 is 2.81 bits per heavy atom. The fourth-order valence-electron chi connectivity index (χ4n) is 1.49. The highest BCUT2D eigenvalue weighted by atomic mass is 16.3. The predicted molar refractivity (Wildman–Crippen MR) is 60.9 cm³/mol. The zero-order valence-electron chi connectivity index (χ0n) is 9.78. The van der Waals surface area contributed by atoms with Crippen LogP contribution >= 0.6 is 0 Å². The molecule has 4 nitrogen and oxygen atoms in total. The highest BCUT2D eigenvalue weighted by Gasteiger charge is 2.12. The number of hydrogen-bond acceptors (Lipinski definition) is 4. The van der Waals surface area contributed by atoms with Crippen LogP contribution in [0.5, 0.6) is 0 Å². The second-order valence-corrected chi connectivity index (χ2v) is 4.11. The van der Waals surface area contributed by atoms with Gasteiger partial charge in [-0.3, -0.25) is 0 Å². The number of nitrogens with zero attached hydrogens (tertiary/aromatic N) is 1.